The highest BCUT2D eigenvalue weighted by atomic mass is 16.5. The Morgan fingerprint density at radius 2 is 2.04 bits per heavy atom. The lowest BCUT2D eigenvalue weighted by Crippen LogP contribution is -2.28. The fourth-order valence-electron chi connectivity index (χ4n) is 3.27. The number of oxazole rings is 1. The second kappa shape index (κ2) is 7.38. The Kier molecular flexibility index (Phi) is 4.77. The first-order valence-electron chi connectivity index (χ1n) is 9.23. The van der Waals surface area contributed by atoms with Gasteiger partial charge in [-0.15, -0.1) is 0 Å². The number of fused-ring (bicyclic) bond motifs is 1. The summed E-state index contributed by atoms with van der Waals surface area (Å²) in [5.41, 5.74) is 2.39. The molecule has 1 aromatic heterocycles. The van der Waals surface area contributed by atoms with Crippen LogP contribution in [0.1, 0.15) is 29.8 Å². The maximum absolute atomic E-state index is 12.3. The molecular weight excluding hydrogens is 356 g/mol. The highest BCUT2D eigenvalue weighted by Gasteiger charge is 2.32. The van der Waals surface area contributed by atoms with Gasteiger partial charge >= 0.3 is 0 Å². The molecule has 1 aliphatic rings. The van der Waals surface area contributed by atoms with Gasteiger partial charge in [-0.25, -0.2) is 4.98 Å². The first kappa shape index (κ1) is 18.1. The topological polar surface area (TPSA) is 73.6 Å². The number of ether oxygens (including phenoxy) is 2. The lowest BCUT2D eigenvalue weighted by Gasteiger charge is -2.18. The molecule has 1 aliphatic heterocycles. The number of benzene rings is 2. The van der Waals surface area contributed by atoms with Gasteiger partial charge in [-0.1, -0.05) is 24.3 Å². The molecule has 0 spiro atoms. The van der Waals surface area contributed by atoms with Crippen LogP contribution in [-0.2, 0) is 6.42 Å². The second-order valence-corrected chi connectivity index (χ2v) is 7.33. The smallest absolute Gasteiger partial charge is 0.251 e. The van der Waals surface area contributed by atoms with Crippen LogP contribution in [-0.4, -0.2) is 29.6 Å². The molecule has 0 bridgehead atoms. The number of amides is 1. The molecule has 6 nitrogen and oxygen atoms in total. The number of nitrogens with one attached hydrogen (secondary N) is 1. The van der Waals surface area contributed by atoms with Gasteiger partial charge in [-0.3, -0.25) is 4.79 Å². The van der Waals surface area contributed by atoms with Gasteiger partial charge in [0.15, 0.2) is 23.7 Å². The van der Waals surface area contributed by atoms with Crippen LogP contribution >= 0.6 is 0 Å². The van der Waals surface area contributed by atoms with E-state index in [9.17, 15) is 4.79 Å². The average Bonchev–Trinajstić information content (AvgIpc) is 3.32. The van der Waals surface area contributed by atoms with E-state index in [0.29, 0.717) is 30.2 Å². The van der Waals surface area contributed by atoms with Crippen molar-refractivity contribution in [2.45, 2.75) is 25.9 Å². The number of rotatable bonds is 6. The standard InChI is InChI=1S/C22H22N2O4/c1-22(2)12-17-4-3-5-18(20(17)28-22)26-11-10-24-21(25)16-8-6-15(7-9-16)19-13-23-14-27-19/h3-9,13-14H,10-12H2,1-2H3,(H,24,25). The van der Waals surface area contributed by atoms with Crippen molar-refractivity contribution < 1.29 is 18.7 Å². The molecule has 28 heavy (non-hydrogen) atoms. The zero-order valence-corrected chi connectivity index (χ0v) is 15.9. The first-order valence-corrected chi connectivity index (χ1v) is 9.23. The van der Waals surface area contributed by atoms with E-state index in [2.05, 4.69) is 30.2 Å². The van der Waals surface area contributed by atoms with Crippen molar-refractivity contribution in [3.05, 3.63) is 66.2 Å². The zero-order valence-electron chi connectivity index (χ0n) is 15.9. The normalized spacial score (nSPS) is 14.2. The third-order valence-corrected chi connectivity index (χ3v) is 4.56. The number of hydrogen-bond donors (Lipinski definition) is 1. The Hall–Kier alpha value is -3.28. The number of para-hydroxylation sites is 1. The molecule has 0 saturated heterocycles. The summed E-state index contributed by atoms with van der Waals surface area (Å²) in [4.78, 5) is 16.2. The number of hydrogen-bond acceptors (Lipinski definition) is 5. The largest absolute Gasteiger partial charge is 0.488 e. The molecule has 0 saturated carbocycles. The zero-order chi connectivity index (χ0) is 19.6. The fourth-order valence-corrected chi connectivity index (χ4v) is 3.27. The van der Waals surface area contributed by atoms with E-state index in [1.807, 2.05) is 24.3 Å². The molecule has 6 heteroatoms. The van der Waals surface area contributed by atoms with E-state index < -0.39 is 0 Å². The highest BCUT2D eigenvalue weighted by molar-refractivity contribution is 5.94. The van der Waals surface area contributed by atoms with Crippen molar-refractivity contribution in [1.82, 2.24) is 10.3 Å². The molecule has 2 aromatic carbocycles. The van der Waals surface area contributed by atoms with Crippen molar-refractivity contribution in [3.8, 4) is 22.8 Å². The Morgan fingerprint density at radius 1 is 1.21 bits per heavy atom. The van der Waals surface area contributed by atoms with Gasteiger partial charge in [0, 0.05) is 23.1 Å². The van der Waals surface area contributed by atoms with Crippen LogP contribution in [0.2, 0.25) is 0 Å². The maximum atomic E-state index is 12.3. The Labute approximate surface area is 163 Å². The molecule has 1 N–H and O–H groups in total. The molecule has 0 radical (unpaired) electrons. The molecule has 2 heterocycles. The Balaban J connectivity index is 1.29. The summed E-state index contributed by atoms with van der Waals surface area (Å²) in [5.74, 6) is 2.04. The summed E-state index contributed by atoms with van der Waals surface area (Å²) < 4.78 is 17.1. The molecule has 144 valence electrons. The van der Waals surface area contributed by atoms with E-state index in [1.165, 1.54) is 6.39 Å². The van der Waals surface area contributed by atoms with Crippen LogP contribution in [0.5, 0.6) is 11.5 Å². The summed E-state index contributed by atoms with van der Waals surface area (Å²) in [6.45, 7) is 4.88. The lowest BCUT2D eigenvalue weighted by molar-refractivity contribution is 0.0946. The van der Waals surface area contributed by atoms with Gasteiger partial charge < -0.3 is 19.2 Å². The van der Waals surface area contributed by atoms with Crippen molar-refractivity contribution in [2.24, 2.45) is 0 Å². The van der Waals surface area contributed by atoms with Gasteiger partial charge in [-0.05, 0) is 32.0 Å². The number of aromatic nitrogens is 1. The molecular formula is C22H22N2O4. The summed E-state index contributed by atoms with van der Waals surface area (Å²) in [5, 5.41) is 2.87. The van der Waals surface area contributed by atoms with Gasteiger partial charge in [0.1, 0.15) is 12.2 Å². The SMILES string of the molecule is CC1(C)Cc2cccc(OCCNC(=O)c3ccc(-c4cnco4)cc3)c2O1. The molecule has 1 amide bonds. The third-order valence-electron chi connectivity index (χ3n) is 4.56. The van der Waals surface area contributed by atoms with Crippen LogP contribution in [0.3, 0.4) is 0 Å². The second-order valence-electron chi connectivity index (χ2n) is 7.33. The summed E-state index contributed by atoms with van der Waals surface area (Å²) in [6.07, 6.45) is 3.88. The van der Waals surface area contributed by atoms with Gasteiger partial charge in [0.2, 0.25) is 0 Å². The van der Waals surface area contributed by atoms with Gasteiger partial charge in [0.25, 0.3) is 5.91 Å². The molecule has 4 rings (SSSR count). The molecule has 0 fully saturated rings. The lowest BCUT2D eigenvalue weighted by atomic mass is 10.0. The van der Waals surface area contributed by atoms with Crippen molar-refractivity contribution >= 4 is 5.91 Å². The van der Waals surface area contributed by atoms with Crippen molar-refractivity contribution in [1.29, 1.82) is 0 Å². The third kappa shape index (κ3) is 3.86. The van der Waals surface area contributed by atoms with Crippen molar-refractivity contribution in [2.75, 3.05) is 13.2 Å². The van der Waals surface area contributed by atoms with Crippen LogP contribution in [0.25, 0.3) is 11.3 Å². The summed E-state index contributed by atoms with van der Waals surface area (Å²) >= 11 is 0. The van der Waals surface area contributed by atoms with Crippen LogP contribution in [0, 0.1) is 0 Å². The molecule has 0 atom stereocenters. The maximum Gasteiger partial charge on any atom is 0.251 e. The van der Waals surface area contributed by atoms with Gasteiger partial charge in [-0.2, -0.15) is 0 Å². The highest BCUT2D eigenvalue weighted by Crippen LogP contribution is 2.41. The van der Waals surface area contributed by atoms with Crippen LogP contribution < -0.4 is 14.8 Å². The van der Waals surface area contributed by atoms with E-state index in [-0.39, 0.29) is 11.5 Å². The fraction of sp³-hybridized carbons (Fsp3) is 0.273. The predicted octanol–water partition coefficient (Wildman–Crippen LogP) is 3.86. The predicted molar refractivity (Wildman–Crippen MR) is 105 cm³/mol. The van der Waals surface area contributed by atoms with Crippen molar-refractivity contribution in [3.63, 3.8) is 0 Å². The summed E-state index contributed by atoms with van der Waals surface area (Å²) in [7, 11) is 0. The number of carbonyl (C=O) groups is 1. The Morgan fingerprint density at radius 3 is 2.79 bits per heavy atom. The minimum Gasteiger partial charge on any atom is -0.488 e. The minimum absolute atomic E-state index is 0.150. The van der Waals surface area contributed by atoms with E-state index >= 15 is 0 Å². The quantitative estimate of drug-likeness (QED) is 0.659. The summed E-state index contributed by atoms with van der Waals surface area (Å²) in [6, 6.07) is 13.1. The molecule has 0 aliphatic carbocycles. The number of carbonyl (C=O) groups excluding carboxylic acids is 1. The molecule has 3 aromatic rings. The van der Waals surface area contributed by atoms with E-state index in [0.717, 1.165) is 23.3 Å². The van der Waals surface area contributed by atoms with Crippen LogP contribution in [0.4, 0.5) is 0 Å². The van der Waals surface area contributed by atoms with Crippen LogP contribution in [0.15, 0.2) is 59.5 Å². The first-order chi connectivity index (χ1) is 13.5. The molecule has 0 unspecified atom stereocenters. The minimum atomic E-state index is -0.214. The monoisotopic (exact) mass is 378 g/mol. The average molecular weight is 378 g/mol. The van der Waals surface area contributed by atoms with Gasteiger partial charge in [0.05, 0.1) is 12.7 Å². The van der Waals surface area contributed by atoms with E-state index in [4.69, 9.17) is 13.9 Å². The number of nitrogens with zero attached hydrogens (tertiary/aromatic N) is 1. The van der Waals surface area contributed by atoms with E-state index in [1.54, 1.807) is 18.3 Å². The Bertz CT molecular complexity index is 963.